The zero-order valence-corrected chi connectivity index (χ0v) is 15.0. The summed E-state index contributed by atoms with van der Waals surface area (Å²) in [6.45, 7) is 11.5. The molecule has 120 valence electrons. The van der Waals surface area contributed by atoms with Gasteiger partial charge in [-0.05, 0) is 62.7 Å². The van der Waals surface area contributed by atoms with Crippen molar-refractivity contribution in [2.24, 2.45) is 0 Å². The SMILES string of the molecule is CCN(CCNC(C)c1ccc(Br)o1)C(=O)OC(C)(C)C. The van der Waals surface area contributed by atoms with Crippen LogP contribution in [0.25, 0.3) is 0 Å². The van der Waals surface area contributed by atoms with E-state index in [1.54, 1.807) is 4.90 Å². The number of carbonyl (C=O) groups is 1. The number of nitrogens with zero attached hydrogens (tertiary/aromatic N) is 1. The third-order valence-electron chi connectivity index (χ3n) is 2.89. The Hall–Kier alpha value is -1.01. The lowest BCUT2D eigenvalue weighted by atomic mass is 10.2. The Kier molecular flexibility index (Phi) is 6.74. The van der Waals surface area contributed by atoms with Gasteiger partial charge in [-0.25, -0.2) is 4.79 Å². The molecule has 1 amide bonds. The molecule has 21 heavy (non-hydrogen) atoms. The van der Waals surface area contributed by atoms with Gasteiger partial charge in [0.15, 0.2) is 4.67 Å². The van der Waals surface area contributed by atoms with E-state index in [9.17, 15) is 4.79 Å². The van der Waals surface area contributed by atoms with Gasteiger partial charge in [-0.2, -0.15) is 0 Å². The van der Waals surface area contributed by atoms with Crippen molar-refractivity contribution in [2.45, 2.75) is 46.3 Å². The van der Waals surface area contributed by atoms with Crippen molar-refractivity contribution in [1.82, 2.24) is 10.2 Å². The van der Waals surface area contributed by atoms with Crippen LogP contribution in [0.2, 0.25) is 0 Å². The van der Waals surface area contributed by atoms with Crippen LogP contribution < -0.4 is 5.32 Å². The maximum atomic E-state index is 12.0. The van der Waals surface area contributed by atoms with Crippen molar-refractivity contribution >= 4 is 22.0 Å². The highest BCUT2D eigenvalue weighted by molar-refractivity contribution is 9.10. The minimum Gasteiger partial charge on any atom is -0.453 e. The van der Waals surface area contributed by atoms with Crippen LogP contribution in [0.5, 0.6) is 0 Å². The quantitative estimate of drug-likeness (QED) is 0.834. The summed E-state index contributed by atoms with van der Waals surface area (Å²) in [5.41, 5.74) is -0.467. The van der Waals surface area contributed by atoms with E-state index in [1.807, 2.05) is 46.8 Å². The van der Waals surface area contributed by atoms with E-state index in [1.165, 1.54) is 0 Å². The molecular weight excluding hydrogens is 336 g/mol. The van der Waals surface area contributed by atoms with Gasteiger partial charge < -0.3 is 19.4 Å². The molecule has 0 fully saturated rings. The van der Waals surface area contributed by atoms with Crippen molar-refractivity contribution in [3.63, 3.8) is 0 Å². The van der Waals surface area contributed by atoms with E-state index in [0.717, 1.165) is 10.4 Å². The maximum Gasteiger partial charge on any atom is 0.410 e. The Labute approximate surface area is 135 Å². The summed E-state index contributed by atoms with van der Waals surface area (Å²) in [4.78, 5) is 13.7. The van der Waals surface area contributed by atoms with Crippen LogP contribution in [-0.2, 0) is 4.74 Å². The van der Waals surface area contributed by atoms with E-state index in [-0.39, 0.29) is 12.1 Å². The second-order valence-corrected chi connectivity index (χ2v) is 6.66. The number of halogens is 1. The van der Waals surface area contributed by atoms with Gasteiger partial charge in [-0.1, -0.05) is 0 Å². The van der Waals surface area contributed by atoms with Crippen molar-refractivity contribution in [3.8, 4) is 0 Å². The molecule has 0 aromatic carbocycles. The molecule has 0 aliphatic rings. The molecule has 1 N–H and O–H groups in total. The van der Waals surface area contributed by atoms with Crippen molar-refractivity contribution < 1.29 is 13.9 Å². The fraction of sp³-hybridized carbons (Fsp3) is 0.667. The molecule has 1 unspecified atom stereocenters. The van der Waals surface area contributed by atoms with Gasteiger partial charge in [-0.15, -0.1) is 0 Å². The number of amides is 1. The molecule has 1 rings (SSSR count). The van der Waals surface area contributed by atoms with Gasteiger partial charge >= 0.3 is 6.09 Å². The number of hydrogen-bond acceptors (Lipinski definition) is 4. The second kappa shape index (κ2) is 7.84. The standard InChI is InChI=1S/C15H25BrN2O3/c1-6-18(14(19)21-15(3,4)5)10-9-17-11(2)12-7-8-13(16)20-12/h7-8,11,17H,6,9-10H2,1-5H3. The number of likely N-dealkylation sites (N-methyl/N-ethyl adjacent to an activating group) is 1. The number of furan rings is 1. The molecule has 0 saturated carbocycles. The molecular formula is C15H25BrN2O3. The summed E-state index contributed by atoms with van der Waals surface area (Å²) in [6.07, 6.45) is -0.278. The molecule has 1 aromatic heterocycles. The third kappa shape index (κ3) is 6.52. The van der Waals surface area contributed by atoms with Crippen LogP contribution in [0, 0.1) is 0 Å². The summed E-state index contributed by atoms with van der Waals surface area (Å²) in [7, 11) is 0. The first kappa shape index (κ1) is 18.0. The first-order valence-corrected chi connectivity index (χ1v) is 7.98. The molecule has 0 saturated heterocycles. The smallest absolute Gasteiger partial charge is 0.410 e. The average Bonchev–Trinajstić information content (AvgIpc) is 2.79. The van der Waals surface area contributed by atoms with Crippen molar-refractivity contribution in [3.05, 3.63) is 22.6 Å². The van der Waals surface area contributed by atoms with Crippen LogP contribution >= 0.6 is 15.9 Å². The highest BCUT2D eigenvalue weighted by Gasteiger charge is 2.21. The second-order valence-electron chi connectivity index (χ2n) is 5.88. The molecule has 6 heteroatoms. The van der Waals surface area contributed by atoms with Crippen LogP contribution in [0.15, 0.2) is 21.2 Å². The predicted molar refractivity (Wildman–Crippen MR) is 86.3 cm³/mol. The van der Waals surface area contributed by atoms with E-state index < -0.39 is 5.60 Å². The Morgan fingerprint density at radius 1 is 1.48 bits per heavy atom. The normalized spacial score (nSPS) is 13.0. The highest BCUT2D eigenvalue weighted by atomic mass is 79.9. The zero-order valence-electron chi connectivity index (χ0n) is 13.4. The van der Waals surface area contributed by atoms with Crippen LogP contribution in [0.1, 0.15) is 46.4 Å². The van der Waals surface area contributed by atoms with Crippen molar-refractivity contribution in [1.29, 1.82) is 0 Å². The molecule has 1 heterocycles. The van der Waals surface area contributed by atoms with Gasteiger partial charge in [0.25, 0.3) is 0 Å². The molecule has 0 radical (unpaired) electrons. The van der Waals surface area contributed by atoms with Gasteiger partial charge in [0.1, 0.15) is 11.4 Å². The Morgan fingerprint density at radius 2 is 2.14 bits per heavy atom. The minimum atomic E-state index is -0.467. The molecule has 1 atom stereocenters. The summed E-state index contributed by atoms with van der Waals surface area (Å²) in [5.74, 6) is 0.863. The first-order valence-electron chi connectivity index (χ1n) is 7.19. The number of nitrogens with one attached hydrogen (secondary N) is 1. The van der Waals surface area contributed by atoms with E-state index in [2.05, 4.69) is 21.2 Å². The van der Waals surface area contributed by atoms with Gasteiger partial charge in [0.2, 0.25) is 0 Å². The summed E-state index contributed by atoms with van der Waals surface area (Å²) in [5, 5.41) is 3.33. The highest BCUT2D eigenvalue weighted by Crippen LogP contribution is 2.19. The fourth-order valence-electron chi connectivity index (χ4n) is 1.78. The Morgan fingerprint density at radius 3 is 2.62 bits per heavy atom. The lowest BCUT2D eigenvalue weighted by molar-refractivity contribution is 0.0261. The molecule has 0 spiro atoms. The van der Waals surface area contributed by atoms with Crippen LogP contribution in [0.4, 0.5) is 4.79 Å². The molecule has 5 nitrogen and oxygen atoms in total. The molecule has 1 aromatic rings. The topological polar surface area (TPSA) is 54.7 Å². The number of ether oxygens (including phenoxy) is 1. The lowest BCUT2D eigenvalue weighted by Crippen LogP contribution is -2.40. The monoisotopic (exact) mass is 360 g/mol. The predicted octanol–water partition coefficient (Wildman–Crippen LogP) is 3.95. The number of hydrogen-bond donors (Lipinski definition) is 1. The lowest BCUT2D eigenvalue weighted by Gasteiger charge is -2.27. The van der Waals surface area contributed by atoms with E-state index in [0.29, 0.717) is 19.6 Å². The minimum absolute atomic E-state index is 0.0913. The zero-order chi connectivity index (χ0) is 16.0. The summed E-state index contributed by atoms with van der Waals surface area (Å²) < 4.78 is 11.6. The molecule has 0 aliphatic carbocycles. The van der Waals surface area contributed by atoms with Crippen LogP contribution in [-0.4, -0.2) is 36.2 Å². The molecule has 0 aliphatic heterocycles. The number of carbonyl (C=O) groups excluding carboxylic acids is 1. The molecule has 0 bridgehead atoms. The maximum absolute atomic E-state index is 12.0. The Bertz CT molecular complexity index is 454. The van der Waals surface area contributed by atoms with E-state index in [4.69, 9.17) is 9.15 Å². The first-order chi connectivity index (χ1) is 9.73. The third-order valence-corrected chi connectivity index (χ3v) is 3.31. The Balaban J connectivity index is 2.40. The fourth-order valence-corrected chi connectivity index (χ4v) is 2.10. The summed E-state index contributed by atoms with van der Waals surface area (Å²) in [6, 6.07) is 3.88. The average molecular weight is 361 g/mol. The largest absolute Gasteiger partial charge is 0.453 e. The van der Waals surface area contributed by atoms with E-state index >= 15 is 0 Å². The van der Waals surface area contributed by atoms with Crippen molar-refractivity contribution in [2.75, 3.05) is 19.6 Å². The van der Waals surface area contributed by atoms with Gasteiger partial charge in [0, 0.05) is 19.6 Å². The summed E-state index contributed by atoms with van der Waals surface area (Å²) >= 11 is 3.29. The van der Waals surface area contributed by atoms with Gasteiger partial charge in [-0.3, -0.25) is 0 Å². The number of rotatable bonds is 6. The van der Waals surface area contributed by atoms with Crippen LogP contribution in [0.3, 0.4) is 0 Å². The van der Waals surface area contributed by atoms with Gasteiger partial charge in [0.05, 0.1) is 6.04 Å².